The molecule has 0 N–H and O–H groups in total. The zero-order chi connectivity index (χ0) is 20.8. The number of benzene rings is 1. The highest BCUT2D eigenvalue weighted by atomic mass is 32.2. The Morgan fingerprint density at radius 3 is 2.21 bits per heavy atom. The summed E-state index contributed by atoms with van der Waals surface area (Å²) in [5, 5.41) is 0.237. The molecule has 1 aromatic rings. The van der Waals surface area contributed by atoms with E-state index in [9.17, 15) is 9.59 Å². The number of thioether (sulfide) groups is 1. The van der Waals surface area contributed by atoms with Crippen LogP contribution < -0.4 is 4.74 Å². The van der Waals surface area contributed by atoms with Gasteiger partial charge in [0.2, 0.25) is 0 Å². The Balaban J connectivity index is 1.90. The second kappa shape index (κ2) is 10.3. The van der Waals surface area contributed by atoms with Gasteiger partial charge in [-0.05, 0) is 37.0 Å². The summed E-state index contributed by atoms with van der Waals surface area (Å²) in [5.74, 6) is 0.578. The lowest BCUT2D eigenvalue weighted by molar-refractivity contribution is -0.139. The van der Waals surface area contributed by atoms with Gasteiger partial charge in [0, 0.05) is 11.3 Å². The van der Waals surface area contributed by atoms with Gasteiger partial charge in [0.05, 0.1) is 17.1 Å². The first kappa shape index (κ1) is 21.9. The molecule has 0 saturated heterocycles. The van der Waals surface area contributed by atoms with Gasteiger partial charge in [0.25, 0.3) is 11.8 Å². The number of hydrogen-bond donors (Lipinski definition) is 0. The third-order valence-corrected chi connectivity index (χ3v) is 6.57. The molecule has 0 atom stereocenters. The number of carbonyl (C=O) groups excluding carboxylic acids is 2. The van der Waals surface area contributed by atoms with E-state index < -0.39 is 0 Å². The fraction of sp³-hybridized carbons (Fsp3) is 0.583. The van der Waals surface area contributed by atoms with Crippen molar-refractivity contribution in [2.75, 3.05) is 6.61 Å². The molecule has 5 heteroatoms. The molecule has 0 unspecified atom stereocenters. The second-order valence-corrected chi connectivity index (χ2v) is 9.81. The lowest BCUT2D eigenvalue weighted by Crippen LogP contribution is -2.41. The minimum absolute atomic E-state index is 0.0303. The predicted octanol–water partition coefficient (Wildman–Crippen LogP) is 5.81. The third kappa shape index (κ3) is 5.25. The summed E-state index contributed by atoms with van der Waals surface area (Å²) in [6, 6.07) is 7.64. The number of hydrogen-bond acceptors (Lipinski definition) is 4. The van der Waals surface area contributed by atoms with E-state index in [1.165, 1.54) is 31.0 Å². The van der Waals surface area contributed by atoms with E-state index in [1.54, 1.807) is 4.90 Å². The molecule has 0 radical (unpaired) electrons. The molecular formula is C24H33NO3S. The summed E-state index contributed by atoms with van der Waals surface area (Å²) in [6.07, 6.45) is 8.63. The van der Waals surface area contributed by atoms with Gasteiger partial charge >= 0.3 is 0 Å². The van der Waals surface area contributed by atoms with Crippen LogP contribution in [0.3, 0.4) is 0 Å². The third-order valence-electron chi connectivity index (χ3n) is 5.48. The van der Waals surface area contributed by atoms with Crippen LogP contribution in [0.5, 0.6) is 5.75 Å². The average Bonchev–Trinajstić information content (AvgIpc) is 2.90. The Kier molecular flexibility index (Phi) is 7.82. The van der Waals surface area contributed by atoms with Crippen LogP contribution in [-0.2, 0) is 9.59 Å². The Morgan fingerprint density at radius 2 is 1.62 bits per heavy atom. The molecule has 1 aliphatic carbocycles. The van der Waals surface area contributed by atoms with Crippen molar-refractivity contribution in [2.45, 2.75) is 83.4 Å². The Hall–Kier alpha value is -1.75. The normalized spacial score (nSPS) is 19.1. The summed E-state index contributed by atoms with van der Waals surface area (Å²) in [7, 11) is 0. The lowest BCUT2D eigenvalue weighted by atomic mass is 9.95. The first-order valence-electron chi connectivity index (χ1n) is 11.0. The van der Waals surface area contributed by atoms with Crippen LogP contribution in [0.15, 0.2) is 29.2 Å². The Bertz CT molecular complexity index is 746. The van der Waals surface area contributed by atoms with Crippen LogP contribution in [-0.4, -0.2) is 34.6 Å². The van der Waals surface area contributed by atoms with E-state index >= 15 is 0 Å². The maximum Gasteiger partial charge on any atom is 0.268 e. The zero-order valence-corrected chi connectivity index (χ0v) is 18.7. The van der Waals surface area contributed by atoms with Gasteiger partial charge < -0.3 is 4.74 Å². The van der Waals surface area contributed by atoms with Crippen molar-refractivity contribution in [3.8, 4) is 5.75 Å². The largest absolute Gasteiger partial charge is 0.494 e. The minimum atomic E-state index is -0.119. The van der Waals surface area contributed by atoms with Crippen LogP contribution in [0, 0.1) is 0 Å². The smallest absolute Gasteiger partial charge is 0.268 e. The van der Waals surface area contributed by atoms with Gasteiger partial charge in [-0.15, -0.1) is 11.8 Å². The molecule has 0 bridgehead atoms. The molecule has 2 amide bonds. The van der Waals surface area contributed by atoms with E-state index in [4.69, 9.17) is 4.74 Å². The average molecular weight is 416 g/mol. The van der Waals surface area contributed by atoms with Crippen molar-refractivity contribution in [3.05, 3.63) is 34.7 Å². The number of imide groups is 1. The van der Waals surface area contributed by atoms with Gasteiger partial charge in [0.1, 0.15) is 5.75 Å². The quantitative estimate of drug-likeness (QED) is 0.527. The van der Waals surface area contributed by atoms with Crippen molar-refractivity contribution < 1.29 is 14.3 Å². The SMILES string of the molecule is CCCOc1ccc(C2=C(SC(C)C)C(=O)N(C3CCCCCCC3)C2=O)cc1. The number of carbonyl (C=O) groups is 2. The topological polar surface area (TPSA) is 46.6 Å². The van der Waals surface area contributed by atoms with Crippen molar-refractivity contribution in [2.24, 2.45) is 0 Å². The fourth-order valence-corrected chi connectivity index (χ4v) is 5.08. The van der Waals surface area contributed by atoms with Crippen LogP contribution in [0.2, 0.25) is 0 Å². The second-order valence-electron chi connectivity index (χ2n) is 8.22. The van der Waals surface area contributed by atoms with Crippen LogP contribution >= 0.6 is 11.8 Å². The van der Waals surface area contributed by atoms with Crippen LogP contribution in [0.1, 0.15) is 77.7 Å². The monoisotopic (exact) mass is 415 g/mol. The molecule has 0 spiro atoms. The van der Waals surface area contributed by atoms with Crippen LogP contribution in [0.4, 0.5) is 0 Å². The number of amides is 2. The molecule has 1 heterocycles. The van der Waals surface area contributed by atoms with Crippen molar-refractivity contribution in [1.29, 1.82) is 0 Å². The van der Waals surface area contributed by atoms with Crippen molar-refractivity contribution in [1.82, 2.24) is 4.90 Å². The number of nitrogens with zero attached hydrogens (tertiary/aromatic N) is 1. The molecule has 1 saturated carbocycles. The molecule has 29 heavy (non-hydrogen) atoms. The van der Waals surface area contributed by atoms with Crippen molar-refractivity contribution in [3.63, 3.8) is 0 Å². The zero-order valence-electron chi connectivity index (χ0n) is 17.9. The number of rotatable bonds is 7. The number of ether oxygens (including phenoxy) is 1. The van der Waals surface area contributed by atoms with Gasteiger partial charge in [-0.2, -0.15) is 0 Å². The van der Waals surface area contributed by atoms with Gasteiger partial charge in [-0.1, -0.05) is 65.0 Å². The van der Waals surface area contributed by atoms with E-state index in [0.29, 0.717) is 17.1 Å². The fourth-order valence-electron chi connectivity index (χ4n) is 4.09. The molecule has 2 aliphatic rings. The molecule has 1 aromatic carbocycles. The van der Waals surface area contributed by atoms with Crippen LogP contribution in [0.25, 0.3) is 5.57 Å². The van der Waals surface area contributed by atoms with E-state index in [0.717, 1.165) is 43.4 Å². The van der Waals surface area contributed by atoms with Crippen molar-refractivity contribution >= 4 is 29.1 Å². The summed E-state index contributed by atoms with van der Waals surface area (Å²) in [4.78, 5) is 29.0. The molecule has 1 fully saturated rings. The first-order chi connectivity index (χ1) is 14.0. The Morgan fingerprint density at radius 1 is 1.00 bits per heavy atom. The van der Waals surface area contributed by atoms with E-state index in [-0.39, 0.29) is 23.1 Å². The first-order valence-corrected chi connectivity index (χ1v) is 11.9. The molecule has 1 aliphatic heterocycles. The highest BCUT2D eigenvalue weighted by Gasteiger charge is 2.42. The van der Waals surface area contributed by atoms with Gasteiger partial charge in [0.15, 0.2) is 0 Å². The summed E-state index contributed by atoms with van der Waals surface area (Å²) < 4.78 is 5.67. The molecule has 158 valence electrons. The molecule has 3 rings (SSSR count). The summed E-state index contributed by atoms with van der Waals surface area (Å²) >= 11 is 1.51. The van der Waals surface area contributed by atoms with E-state index in [2.05, 4.69) is 20.8 Å². The van der Waals surface area contributed by atoms with Gasteiger partial charge in [-0.3, -0.25) is 14.5 Å². The molecular weight excluding hydrogens is 382 g/mol. The lowest BCUT2D eigenvalue weighted by Gasteiger charge is -2.28. The highest BCUT2D eigenvalue weighted by Crippen LogP contribution is 2.40. The van der Waals surface area contributed by atoms with E-state index in [1.807, 2.05) is 24.3 Å². The molecule has 0 aromatic heterocycles. The Labute approximate surface area is 179 Å². The summed E-state index contributed by atoms with van der Waals surface area (Å²) in [5.41, 5.74) is 1.38. The van der Waals surface area contributed by atoms with Gasteiger partial charge in [-0.25, -0.2) is 0 Å². The standard InChI is InChI=1S/C24H33NO3S/c1-4-16-28-20-14-12-18(13-15-20)21-22(29-17(2)3)24(27)25(23(21)26)19-10-8-6-5-7-9-11-19/h12-15,17,19H,4-11,16H2,1-3H3. The highest BCUT2D eigenvalue weighted by molar-refractivity contribution is 8.04. The maximum absolute atomic E-state index is 13.5. The summed E-state index contributed by atoms with van der Waals surface area (Å²) in [6.45, 7) is 6.87. The molecule has 4 nitrogen and oxygen atoms in total. The minimum Gasteiger partial charge on any atom is -0.494 e. The predicted molar refractivity (Wildman–Crippen MR) is 120 cm³/mol. The maximum atomic E-state index is 13.5.